The van der Waals surface area contributed by atoms with Crippen LogP contribution < -0.4 is 0 Å². The van der Waals surface area contributed by atoms with Gasteiger partial charge in [-0.15, -0.1) is 0 Å². The molecule has 1 saturated heterocycles. The monoisotopic (exact) mass is 221 g/mol. The van der Waals surface area contributed by atoms with Gasteiger partial charge in [-0.3, -0.25) is 4.79 Å². The van der Waals surface area contributed by atoms with E-state index in [4.69, 9.17) is 4.74 Å². The van der Waals surface area contributed by atoms with Crippen molar-refractivity contribution >= 4 is 12.0 Å². The lowest BCUT2D eigenvalue weighted by molar-refractivity contribution is -0.134. The Morgan fingerprint density at radius 1 is 1.44 bits per heavy atom. The van der Waals surface area contributed by atoms with E-state index in [2.05, 4.69) is 19.1 Å². The van der Waals surface area contributed by atoms with Crippen LogP contribution in [0.5, 0.6) is 0 Å². The minimum Gasteiger partial charge on any atom is -0.447 e. The average molecular weight is 221 g/mol. The molecular weight excluding hydrogens is 206 g/mol. The van der Waals surface area contributed by atoms with E-state index < -0.39 is 6.09 Å². The summed E-state index contributed by atoms with van der Waals surface area (Å²) in [4.78, 5) is 24.9. The smallest absolute Gasteiger partial charge is 0.416 e. The lowest BCUT2D eigenvalue weighted by Gasteiger charge is -2.26. The van der Waals surface area contributed by atoms with Crippen molar-refractivity contribution in [2.75, 3.05) is 13.2 Å². The van der Waals surface area contributed by atoms with Crippen LogP contribution in [-0.2, 0) is 9.53 Å². The van der Waals surface area contributed by atoms with Gasteiger partial charge in [-0.1, -0.05) is 19.1 Å². The van der Waals surface area contributed by atoms with Gasteiger partial charge in [0.15, 0.2) is 0 Å². The molecule has 2 amide bonds. The molecule has 0 unspecified atom stereocenters. The molecule has 2 aliphatic carbocycles. The van der Waals surface area contributed by atoms with E-state index in [1.165, 1.54) is 4.90 Å². The number of fused-ring (bicyclic) bond motifs is 2. The number of imide groups is 1. The molecule has 2 bridgehead atoms. The Morgan fingerprint density at radius 3 is 2.75 bits per heavy atom. The second-order valence-corrected chi connectivity index (χ2v) is 4.94. The van der Waals surface area contributed by atoms with Gasteiger partial charge in [0.05, 0.1) is 6.54 Å². The van der Waals surface area contributed by atoms with Gasteiger partial charge in [-0.05, 0) is 24.2 Å². The molecule has 1 aliphatic heterocycles. The van der Waals surface area contributed by atoms with Crippen molar-refractivity contribution in [1.29, 1.82) is 0 Å². The van der Waals surface area contributed by atoms with Crippen LogP contribution in [0.3, 0.4) is 0 Å². The zero-order chi connectivity index (χ0) is 11.3. The van der Waals surface area contributed by atoms with Crippen LogP contribution in [0.25, 0.3) is 0 Å². The summed E-state index contributed by atoms with van der Waals surface area (Å²) in [6, 6.07) is 0. The van der Waals surface area contributed by atoms with Crippen molar-refractivity contribution in [3.8, 4) is 0 Å². The number of carbonyl (C=O) groups is 2. The van der Waals surface area contributed by atoms with E-state index in [-0.39, 0.29) is 11.8 Å². The summed E-state index contributed by atoms with van der Waals surface area (Å²) < 4.78 is 4.81. The summed E-state index contributed by atoms with van der Waals surface area (Å²) >= 11 is 0. The molecule has 1 saturated carbocycles. The molecule has 2 fully saturated rings. The van der Waals surface area contributed by atoms with Crippen LogP contribution in [0.15, 0.2) is 12.2 Å². The molecule has 1 heterocycles. The molecule has 3 rings (SSSR count). The van der Waals surface area contributed by atoms with Gasteiger partial charge >= 0.3 is 6.09 Å². The number of nitrogens with zero attached hydrogens (tertiary/aromatic N) is 1. The minimum atomic E-state index is -0.469. The van der Waals surface area contributed by atoms with Crippen molar-refractivity contribution in [1.82, 2.24) is 4.90 Å². The quantitative estimate of drug-likeness (QED) is 0.629. The standard InChI is InChI=1S/C12H15NO3/c1-7-8-2-3-9(6-8)10(7)11(14)13-4-5-16-12(13)15/h2-3,7-10H,4-6H2,1H3/t7-,8+,9+,10+/m1/s1. The SMILES string of the molecule is C[C@H]1[C@H](C(=O)N2CCOC2=O)[C@H]2C=C[C@H]1C2. The first kappa shape index (κ1) is 9.87. The predicted octanol–water partition coefficient (Wildman–Crippen LogP) is 1.42. The third-order valence-electron chi connectivity index (χ3n) is 4.16. The maximum absolute atomic E-state index is 12.2. The topological polar surface area (TPSA) is 46.6 Å². The number of hydrogen-bond donors (Lipinski definition) is 0. The van der Waals surface area contributed by atoms with Crippen molar-refractivity contribution < 1.29 is 14.3 Å². The van der Waals surface area contributed by atoms with E-state index in [0.29, 0.717) is 30.9 Å². The van der Waals surface area contributed by atoms with Crippen molar-refractivity contribution in [2.45, 2.75) is 13.3 Å². The van der Waals surface area contributed by atoms with Gasteiger partial charge in [0, 0.05) is 5.92 Å². The Morgan fingerprint density at radius 2 is 2.19 bits per heavy atom. The molecule has 0 aromatic heterocycles. The van der Waals surface area contributed by atoms with E-state index in [1.54, 1.807) is 0 Å². The van der Waals surface area contributed by atoms with E-state index in [0.717, 1.165) is 6.42 Å². The number of amides is 2. The zero-order valence-electron chi connectivity index (χ0n) is 9.26. The van der Waals surface area contributed by atoms with Gasteiger partial charge in [-0.2, -0.15) is 0 Å². The molecule has 4 heteroatoms. The maximum atomic E-state index is 12.2. The van der Waals surface area contributed by atoms with Gasteiger partial charge in [0.1, 0.15) is 6.61 Å². The number of hydrogen-bond acceptors (Lipinski definition) is 3. The number of carbonyl (C=O) groups excluding carboxylic acids is 2. The van der Waals surface area contributed by atoms with Crippen molar-refractivity contribution in [2.24, 2.45) is 23.7 Å². The highest BCUT2D eigenvalue weighted by Gasteiger charge is 2.48. The molecule has 0 aromatic carbocycles. The Balaban J connectivity index is 1.81. The average Bonchev–Trinajstić information content (AvgIpc) is 2.92. The lowest BCUT2D eigenvalue weighted by atomic mass is 9.83. The molecular formula is C12H15NO3. The van der Waals surface area contributed by atoms with Gasteiger partial charge in [0.2, 0.25) is 5.91 Å². The molecule has 3 aliphatic rings. The van der Waals surface area contributed by atoms with Crippen LogP contribution in [0.2, 0.25) is 0 Å². The third kappa shape index (κ3) is 1.22. The van der Waals surface area contributed by atoms with Crippen LogP contribution in [0.4, 0.5) is 4.79 Å². The number of ether oxygens (including phenoxy) is 1. The molecule has 0 N–H and O–H groups in total. The minimum absolute atomic E-state index is 0.0133. The Hall–Kier alpha value is -1.32. The summed E-state index contributed by atoms with van der Waals surface area (Å²) in [6.07, 6.45) is 4.94. The number of allylic oxidation sites excluding steroid dienone is 2. The number of rotatable bonds is 1. The molecule has 0 radical (unpaired) electrons. The molecule has 4 nitrogen and oxygen atoms in total. The summed E-state index contributed by atoms with van der Waals surface area (Å²) in [5.41, 5.74) is 0. The maximum Gasteiger partial charge on any atom is 0.416 e. The Bertz CT molecular complexity index is 376. The van der Waals surface area contributed by atoms with Crippen LogP contribution >= 0.6 is 0 Å². The van der Waals surface area contributed by atoms with Crippen LogP contribution in [-0.4, -0.2) is 30.1 Å². The fraction of sp³-hybridized carbons (Fsp3) is 0.667. The summed E-state index contributed by atoms with van der Waals surface area (Å²) in [6.45, 7) is 2.87. The van der Waals surface area contributed by atoms with Crippen molar-refractivity contribution in [3.05, 3.63) is 12.2 Å². The molecule has 86 valence electrons. The first-order valence-corrected chi connectivity index (χ1v) is 5.85. The van der Waals surface area contributed by atoms with Crippen molar-refractivity contribution in [3.63, 3.8) is 0 Å². The lowest BCUT2D eigenvalue weighted by Crippen LogP contribution is -2.40. The second kappa shape index (κ2) is 3.34. The third-order valence-corrected chi connectivity index (χ3v) is 4.16. The first-order chi connectivity index (χ1) is 7.68. The van der Waals surface area contributed by atoms with E-state index in [1.807, 2.05) is 0 Å². The highest BCUT2D eigenvalue weighted by molar-refractivity contribution is 5.94. The molecule has 0 aromatic rings. The summed E-state index contributed by atoms with van der Waals surface area (Å²) in [7, 11) is 0. The predicted molar refractivity (Wildman–Crippen MR) is 56.5 cm³/mol. The normalized spacial score (nSPS) is 40.6. The first-order valence-electron chi connectivity index (χ1n) is 5.85. The molecule has 16 heavy (non-hydrogen) atoms. The van der Waals surface area contributed by atoms with E-state index >= 15 is 0 Å². The van der Waals surface area contributed by atoms with Gasteiger partial charge in [0.25, 0.3) is 0 Å². The van der Waals surface area contributed by atoms with Crippen LogP contribution in [0, 0.1) is 23.7 Å². The Kier molecular flexibility index (Phi) is 2.06. The Labute approximate surface area is 94.2 Å². The highest BCUT2D eigenvalue weighted by Crippen LogP contribution is 2.48. The fourth-order valence-corrected chi connectivity index (χ4v) is 3.25. The fourth-order valence-electron chi connectivity index (χ4n) is 3.25. The second-order valence-electron chi connectivity index (χ2n) is 4.94. The van der Waals surface area contributed by atoms with E-state index in [9.17, 15) is 9.59 Å². The molecule has 0 spiro atoms. The van der Waals surface area contributed by atoms with Gasteiger partial charge < -0.3 is 4.74 Å². The highest BCUT2D eigenvalue weighted by atomic mass is 16.6. The van der Waals surface area contributed by atoms with Gasteiger partial charge in [-0.25, -0.2) is 9.69 Å². The summed E-state index contributed by atoms with van der Waals surface area (Å²) in [5, 5.41) is 0. The number of cyclic esters (lactones) is 1. The largest absolute Gasteiger partial charge is 0.447 e. The molecule has 4 atom stereocenters. The summed E-state index contributed by atoms with van der Waals surface area (Å²) in [5.74, 6) is 1.17. The zero-order valence-corrected chi connectivity index (χ0v) is 9.26. The van der Waals surface area contributed by atoms with Crippen LogP contribution in [0.1, 0.15) is 13.3 Å².